The standard InChI is InChI=1S/C28H25BrClFN6O3/c1-16-23(25(33-40-16)24-19(30)5-3-6-20(24)31)27(39)35-14-28(2,15-35)22-13-37(34-32-22)21-7-4-12-36(26(21)38)18-10-8-17(29)9-11-18/h3,5-6,8-11,13,21H,4,7,12,14-15H2,1-2H3. The molecule has 40 heavy (non-hydrogen) atoms. The molecular formula is C28H25BrClFN6O3. The fraction of sp³-hybridized carbons (Fsp3) is 0.321. The van der Waals surface area contributed by atoms with Gasteiger partial charge in [-0.3, -0.25) is 9.59 Å². The van der Waals surface area contributed by atoms with Crippen molar-refractivity contribution in [1.29, 1.82) is 0 Å². The first kappa shape index (κ1) is 26.6. The normalized spacial score (nSPS) is 18.6. The van der Waals surface area contributed by atoms with E-state index in [2.05, 4.69) is 31.4 Å². The number of nitrogens with zero attached hydrogens (tertiary/aromatic N) is 6. The number of amides is 2. The summed E-state index contributed by atoms with van der Waals surface area (Å²) in [7, 11) is 0. The molecule has 0 aliphatic carbocycles. The quantitative estimate of drug-likeness (QED) is 0.287. The van der Waals surface area contributed by atoms with Crippen molar-refractivity contribution >= 4 is 45.0 Å². The van der Waals surface area contributed by atoms with Crippen LogP contribution in [0.5, 0.6) is 0 Å². The van der Waals surface area contributed by atoms with Gasteiger partial charge in [-0.1, -0.05) is 50.9 Å². The number of carbonyl (C=O) groups is 2. The molecule has 2 aromatic carbocycles. The Kier molecular flexibility index (Phi) is 6.74. The molecular weight excluding hydrogens is 603 g/mol. The maximum atomic E-state index is 14.6. The van der Waals surface area contributed by atoms with E-state index in [1.54, 1.807) is 21.4 Å². The molecule has 12 heteroatoms. The van der Waals surface area contributed by atoms with Crippen molar-refractivity contribution < 1.29 is 18.5 Å². The smallest absolute Gasteiger partial charge is 0.259 e. The van der Waals surface area contributed by atoms with Crippen LogP contribution in [0.4, 0.5) is 10.1 Å². The molecule has 0 bridgehead atoms. The minimum atomic E-state index is -0.587. The summed E-state index contributed by atoms with van der Waals surface area (Å²) in [6.45, 7) is 4.99. The summed E-state index contributed by atoms with van der Waals surface area (Å²) in [6, 6.07) is 11.5. The van der Waals surface area contributed by atoms with Crippen molar-refractivity contribution in [1.82, 2.24) is 25.1 Å². The number of anilines is 1. The van der Waals surface area contributed by atoms with Crippen molar-refractivity contribution in [3.8, 4) is 11.3 Å². The maximum Gasteiger partial charge on any atom is 0.259 e. The minimum absolute atomic E-state index is 0.0251. The van der Waals surface area contributed by atoms with Crippen molar-refractivity contribution in [2.45, 2.75) is 38.1 Å². The van der Waals surface area contributed by atoms with E-state index in [0.717, 1.165) is 16.6 Å². The third-order valence-corrected chi connectivity index (χ3v) is 8.48. The number of carbonyl (C=O) groups excluding carboxylic acids is 2. The minimum Gasteiger partial charge on any atom is -0.360 e. The number of likely N-dealkylation sites (tertiary alicyclic amines) is 1. The molecule has 1 unspecified atom stereocenters. The summed E-state index contributed by atoms with van der Waals surface area (Å²) in [6.07, 6.45) is 3.32. The largest absolute Gasteiger partial charge is 0.360 e. The molecule has 0 saturated carbocycles. The fourth-order valence-corrected chi connectivity index (χ4v) is 5.98. The number of aryl methyl sites for hydroxylation is 1. The second kappa shape index (κ2) is 10.1. The molecule has 2 aromatic heterocycles. The van der Waals surface area contributed by atoms with Crippen LogP contribution in [0.15, 0.2) is 57.7 Å². The third kappa shape index (κ3) is 4.50. The number of piperidine rings is 1. The summed E-state index contributed by atoms with van der Waals surface area (Å²) >= 11 is 9.67. The lowest BCUT2D eigenvalue weighted by atomic mass is 9.78. The Balaban J connectivity index is 1.18. The average molecular weight is 628 g/mol. The van der Waals surface area contributed by atoms with Gasteiger partial charge in [0.15, 0.2) is 0 Å². The maximum absolute atomic E-state index is 14.6. The van der Waals surface area contributed by atoms with Gasteiger partial charge < -0.3 is 14.3 Å². The average Bonchev–Trinajstić information content (AvgIpc) is 3.55. The van der Waals surface area contributed by atoms with Crippen LogP contribution in [0.25, 0.3) is 11.3 Å². The Morgan fingerprint density at radius 2 is 1.95 bits per heavy atom. The van der Waals surface area contributed by atoms with Gasteiger partial charge in [0.1, 0.15) is 28.9 Å². The molecule has 2 fully saturated rings. The van der Waals surface area contributed by atoms with Crippen LogP contribution in [0, 0.1) is 12.7 Å². The van der Waals surface area contributed by atoms with Gasteiger partial charge in [-0.05, 0) is 56.2 Å². The van der Waals surface area contributed by atoms with E-state index in [4.69, 9.17) is 16.1 Å². The Hall–Kier alpha value is -3.57. The summed E-state index contributed by atoms with van der Waals surface area (Å²) < 4.78 is 22.5. The fourth-order valence-electron chi connectivity index (χ4n) is 5.46. The van der Waals surface area contributed by atoms with Crippen LogP contribution in [0.1, 0.15) is 47.6 Å². The van der Waals surface area contributed by atoms with Crippen molar-refractivity contribution in [3.63, 3.8) is 0 Å². The van der Waals surface area contributed by atoms with E-state index in [-0.39, 0.29) is 39.4 Å². The second-order valence-corrected chi connectivity index (χ2v) is 11.8. The number of aromatic nitrogens is 4. The highest BCUT2D eigenvalue weighted by Gasteiger charge is 2.46. The number of rotatable bonds is 5. The molecule has 2 aliphatic heterocycles. The molecule has 4 heterocycles. The number of hydrogen-bond acceptors (Lipinski definition) is 6. The summed E-state index contributed by atoms with van der Waals surface area (Å²) in [5.41, 5.74) is 1.38. The van der Waals surface area contributed by atoms with Gasteiger partial charge in [-0.2, -0.15) is 0 Å². The highest BCUT2D eigenvalue weighted by atomic mass is 79.9. The van der Waals surface area contributed by atoms with Gasteiger partial charge >= 0.3 is 0 Å². The summed E-state index contributed by atoms with van der Waals surface area (Å²) in [4.78, 5) is 30.3. The molecule has 2 amide bonds. The predicted molar refractivity (Wildman–Crippen MR) is 150 cm³/mol. The topological polar surface area (TPSA) is 97.4 Å². The number of halogens is 3. The summed E-state index contributed by atoms with van der Waals surface area (Å²) in [5, 5.41) is 12.8. The molecule has 0 N–H and O–H groups in total. The first-order chi connectivity index (χ1) is 19.2. The van der Waals surface area contributed by atoms with E-state index >= 15 is 0 Å². The predicted octanol–water partition coefficient (Wildman–Crippen LogP) is 5.58. The lowest BCUT2D eigenvalue weighted by Gasteiger charge is -2.46. The van der Waals surface area contributed by atoms with Crippen LogP contribution in [0.2, 0.25) is 5.02 Å². The molecule has 2 saturated heterocycles. The third-order valence-electron chi connectivity index (χ3n) is 7.64. The Morgan fingerprint density at radius 3 is 2.67 bits per heavy atom. The number of hydrogen-bond donors (Lipinski definition) is 0. The zero-order chi connectivity index (χ0) is 28.2. The molecule has 9 nitrogen and oxygen atoms in total. The molecule has 0 spiro atoms. The molecule has 206 valence electrons. The highest BCUT2D eigenvalue weighted by molar-refractivity contribution is 9.10. The van der Waals surface area contributed by atoms with E-state index < -0.39 is 17.3 Å². The molecule has 2 aliphatic rings. The Labute approximate surface area is 243 Å². The zero-order valence-electron chi connectivity index (χ0n) is 21.8. The van der Waals surface area contributed by atoms with Gasteiger partial charge in [0.2, 0.25) is 0 Å². The van der Waals surface area contributed by atoms with Gasteiger partial charge in [0.05, 0.1) is 22.5 Å². The molecule has 6 rings (SSSR count). The van der Waals surface area contributed by atoms with Gasteiger partial charge in [-0.15, -0.1) is 5.10 Å². The Morgan fingerprint density at radius 1 is 1.20 bits per heavy atom. The lowest BCUT2D eigenvalue weighted by Crippen LogP contribution is -2.59. The molecule has 4 aromatic rings. The SMILES string of the molecule is Cc1onc(-c2c(F)cccc2Cl)c1C(=O)N1CC(C)(c2cn(C3CCCN(c4ccc(Br)cc4)C3=O)nn2)C1. The first-order valence-corrected chi connectivity index (χ1v) is 14.0. The van der Waals surface area contributed by atoms with E-state index in [1.807, 2.05) is 37.4 Å². The second-order valence-electron chi connectivity index (χ2n) is 10.5. The van der Waals surface area contributed by atoms with Gasteiger partial charge in [-0.25, -0.2) is 9.07 Å². The number of benzene rings is 2. The van der Waals surface area contributed by atoms with Gasteiger partial charge in [0, 0.05) is 35.2 Å². The van der Waals surface area contributed by atoms with Crippen molar-refractivity contribution in [2.75, 3.05) is 24.5 Å². The van der Waals surface area contributed by atoms with Gasteiger partial charge in [0.25, 0.3) is 11.8 Å². The van der Waals surface area contributed by atoms with Crippen molar-refractivity contribution in [2.24, 2.45) is 0 Å². The van der Waals surface area contributed by atoms with Crippen molar-refractivity contribution in [3.05, 3.63) is 81.0 Å². The lowest BCUT2D eigenvalue weighted by molar-refractivity contribution is -0.123. The van der Waals surface area contributed by atoms with Crippen LogP contribution in [-0.4, -0.2) is 56.5 Å². The van der Waals surface area contributed by atoms with Crippen LogP contribution < -0.4 is 4.90 Å². The van der Waals surface area contributed by atoms with Crippen LogP contribution in [0.3, 0.4) is 0 Å². The van der Waals surface area contributed by atoms with Crippen LogP contribution >= 0.6 is 27.5 Å². The first-order valence-electron chi connectivity index (χ1n) is 12.9. The summed E-state index contributed by atoms with van der Waals surface area (Å²) in [5.74, 6) is -0.658. The molecule has 0 radical (unpaired) electrons. The zero-order valence-corrected chi connectivity index (χ0v) is 24.1. The Bertz CT molecular complexity index is 1590. The van der Waals surface area contributed by atoms with E-state index in [1.165, 1.54) is 18.2 Å². The monoisotopic (exact) mass is 626 g/mol. The molecule has 1 atom stereocenters. The van der Waals surface area contributed by atoms with E-state index in [0.29, 0.717) is 31.7 Å². The highest BCUT2D eigenvalue weighted by Crippen LogP contribution is 2.38. The van der Waals surface area contributed by atoms with Crippen LogP contribution in [-0.2, 0) is 10.2 Å². The van der Waals surface area contributed by atoms with E-state index in [9.17, 15) is 14.0 Å².